The first-order valence-electron chi connectivity index (χ1n) is 4.21. The van der Waals surface area contributed by atoms with E-state index in [2.05, 4.69) is 23.4 Å². The molecule has 0 spiro atoms. The fraction of sp³-hybridized carbons (Fsp3) is 0. The zero-order valence-corrected chi connectivity index (χ0v) is 8.08. The van der Waals surface area contributed by atoms with Crippen LogP contribution in [0.2, 0.25) is 0 Å². The monoisotopic (exact) mass is 186 g/mol. The van der Waals surface area contributed by atoms with Crippen LogP contribution in [0.25, 0.3) is 12.2 Å². The van der Waals surface area contributed by atoms with Crippen LogP contribution < -0.4 is 11.2 Å². The SMILES string of the molecule is Bc1n[nH]c(=O)c(C=C)c1/C=C\C=C. The third-order valence-corrected chi connectivity index (χ3v) is 1.85. The molecule has 1 aromatic heterocycles. The Balaban J connectivity index is 3.44. The van der Waals surface area contributed by atoms with Crippen molar-refractivity contribution in [3.63, 3.8) is 0 Å². The molecule has 3 nitrogen and oxygen atoms in total. The standard InChI is InChI=1S/C10H11BN2O/c1-3-5-6-8-7(4-2)10(14)13-12-9(8)11/h3-6H,1-2,11H2,(H,13,14)/b6-5-. The molecular weight excluding hydrogens is 175 g/mol. The molecule has 1 rings (SSSR count). The summed E-state index contributed by atoms with van der Waals surface area (Å²) in [6, 6.07) is 0. The third-order valence-electron chi connectivity index (χ3n) is 1.85. The zero-order chi connectivity index (χ0) is 10.6. The summed E-state index contributed by atoms with van der Waals surface area (Å²) in [5, 5.41) is 6.27. The summed E-state index contributed by atoms with van der Waals surface area (Å²) < 4.78 is 0. The molecule has 0 aliphatic rings. The van der Waals surface area contributed by atoms with Gasteiger partial charge in [-0.2, -0.15) is 5.10 Å². The lowest BCUT2D eigenvalue weighted by Gasteiger charge is -2.02. The van der Waals surface area contributed by atoms with E-state index < -0.39 is 0 Å². The molecule has 0 bridgehead atoms. The molecular formula is C10H11BN2O. The Morgan fingerprint density at radius 3 is 2.64 bits per heavy atom. The van der Waals surface area contributed by atoms with Crippen molar-refractivity contribution in [2.75, 3.05) is 0 Å². The van der Waals surface area contributed by atoms with Gasteiger partial charge in [0.25, 0.3) is 5.56 Å². The molecule has 0 saturated heterocycles. The fourth-order valence-corrected chi connectivity index (χ4v) is 1.15. The summed E-state index contributed by atoms with van der Waals surface area (Å²) >= 11 is 0. The minimum absolute atomic E-state index is 0.227. The van der Waals surface area contributed by atoms with E-state index in [9.17, 15) is 4.79 Å². The molecule has 0 aliphatic heterocycles. The van der Waals surface area contributed by atoms with E-state index in [0.29, 0.717) is 5.56 Å². The van der Waals surface area contributed by atoms with Crippen LogP contribution in [0, 0.1) is 0 Å². The molecule has 4 heteroatoms. The summed E-state index contributed by atoms with van der Waals surface area (Å²) in [5.41, 5.74) is 1.85. The molecule has 0 saturated carbocycles. The second-order valence-corrected chi connectivity index (χ2v) is 2.76. The summed E-state index contributed by atoms with van der Waals surface area (Å²) in [5.74, 6) is 0. The van der Waals surface area contributed by atoms with Gasteiger partial charge in [-0.15, -0.1) is 0 Å². The maximum atomic E-state index is 11.3. The van der Waals surface area contributed by atoms with Crippen LogP contribution in [0.1, 0.15) is 11.1 Å². The van der Waals surface area contributed by atoms with E-state index in [0.717, 1.165) is 11.2 Å². The van der Waals surface area contributed by atoms with Gasteiger partial charge in [-0.1, -0.05) is 37.5 Å². The van der Waals surface area contributed by atoms with Crippen molar-refractivity contribution in [1.29, 1.82) is 0 Å². The number of hydrogen-bond donors (Lipinski definition) is 1. The van der Waals surface area contributed by atoms with Crippen LogP contribution >= 0.6 is 0 Å². The number of aromatic amines is 1. The largest absolute Gasteiger partial charge is 0.271 e. The smallest absolute Gasteiger partial charge is 0.267 e. The lowest BCUT2D eigenvalue weighted by molar-refractivity contribution is 1.01. The number of nitrogens with zero attached hydrogens (tertiary/aromatic N) is 1. The minimum atomic E-state index is -0.227. The third kappa shape index (κ3) is 1.91. The molecule has 0 fully saturated rings. The van der Waals surface area contributed by atoms with Crippen molar-refractivity contribution in [2.24, 2.45) is 0 Å². The van der Waals surface area contributed by atoms with Crippen LogP contribution in [-0.2, 0) is 0 Å². The number of hydrogen-bond acceptors (Lipinski definition) is 2. The molecule has 0 atom stereocenters. The van der Waals surface area contributed by atoms with Gasteiger partial charge in [0, 0.05) is 16.7 Å². The molecule has 1 N–H and O–H groups in total. The van der Waals surface area contributed by atoms with Crippen molar-refractivity contribution in [1.82, 2.24) is 10.2 Å². The van der Waals surface area contributed by atoms with Crippen LogP contribution in [0.4, 0.5) is 0 Å². The highest BCUT2D eigenvalue weighted by atomic mass is 16.1. The number of H-pyrrole nitrogens is 1. The number of rotatable bonds is 3. The first-order chi connectivity index (χ1) is 6.70. The lowest BCUT2D eigenvalue weighted by atomic mass is 9.94. The number of nitrogens with one attached hydrogen (secondary N) is 1. The molecule has 0 amide bonds. The molecule has 0 radical (unpaired) electrons. The average Bonchev–Trinajstić information content (AvgIpc) is 2.19. The van der Waals surface area contributed by atoms with Crippen LogP contribution in [0.15, 0.2) is 30.1 Å². The summed E-state index contributed by atoms with van der Waals surface area (Å²) in [4.78, 5) is 11.3. The van der Waals surface area contributed by atoms with Gasteiger partial charge < -0.3 is 0 Å². The highest BCUT2D eigenvalue weighted by Crippen LogP contribution is 2.02. The van der Waals surface area contributed by atoms with E-state index in [-0.39, 0.29) is 5.56 Å². The lowest BCUT2D eigenvalue weighted by Crippen LogP contribution is -2.25. The Morgan fingerprint density at radius 2 is 2.07 bits per heavy atom. The molecule has 70 valence electrons. The molecule has 0 unspecified atom stereocenters. The Bertz CT molecular complexity index is 446. The first kappa shape index (κ1) is 10.2. The molecule has 1 heterocycles. The van der Waals surface area contributed by atoms with Crippen LogP contribution in [-0.4, -0.2) is 18.0 Å². The second kappa shape index (κ2) is 4.41. The summed E-state index contributed by atoms with van der Waals surface area (Å²) in [6.07, 6.45) is 6.72. The van der Waals surface area contributed by atoms with Gasteiger partial charge in [0.1, 0.15) is 0 Å². The van der Waals surface area contributed by atoms with E-state index in [4.69, 9.17) is 0 Å². The summed E-state index contributed by atoms with van der Waals surface area (Å²) in [6.45, 7) is 7.16. The van der Waals surface area contributed by atoms with Crippen molar-refractivity contribution in [3.8, 4) is 0 Å². The van der Waals surface area contributed by atoms with Gasteiger partial charge in [-0.3, -0.25) is 4.79 Å². The maximum absolute atomic E-state index is 11.3. The molecule has 1 aromatic rings. The van der Waals surface area contributed by atoms with E-state index in [1.54, 1.807) is 18.2 Å². The number of allylic oxidation sites excluding steroid dienone is 2. The first-order valence-corrected chi connectivity index (χ1v) is 4.21. The van der Waals surface area contributed by atoms with Crippen molar-refractivity contribution < 1.29 is 0 Å². The maximum Gasteiger partial charge on any atom is 0.271 e. The van der Waals surface area contributed by atoms with E-state index >= 15 is 0 Å². The topological polar surface area (TPSA) is 45.8 Å². The van der Waals surface area contributed by atoms with Crippen LogP contribution in [0.3, 0.4) is 0 Å². The van der Waals surface area contributed by atoms with Gasteiger partial charge in [-0.25, -0.2) is 5.10 Å². The predicted molar refractivity (Wildman–Crippen MR) is 62.4 cm³/mol. The van der Waals surface area contributed by atoms with Gasteiger partial charge in [0.2, 0.25) is 0 Å². The highest BCUT2D eigenvalue weighted by Gasteiger charge is 2.04. The predicted octanol–water partition coefficient (Wildman–Crippen LogP) is -0.130. The Kier molecular flexibility index (Phi) is 3.23. The van der Waals surface area contributed by atoms with E-state index in [1.807, 2.05) is 7.85 Å². The Morgan fingerprint density at radius 1 is 1.36 bits per heavy atom. The molecule has 0 aromatic carbocycles. The van der Waals surface area contributed by atoms with Gasteiger partial charge in [-0.05, 0) is 0 Å². The average molecular weight is 186 g/mol. The van der Waals surface area contributed by atoms with Crippen molar-refractivity contribution in [2.45, 2.75) is 0 Å². The Labute approximate surface area is 83.3 Å². The normalized spacial score (nSPS) is 10.3. The minimum Gasteiger partial charge on any atom is -0.267 e. The molecule has 14 heavy (non-hydrogen) atoms. The van der Waals surface area contributed by atoms with Crippen LogP contribution in [0.5, 0.6) is 0 Å². The summed E-state index contributed by atoms with van der Waals surface area (Å²) in [7, 11) is 1.83. The molecule has 0 aliphatic carbocycles. The van der Waals surface area contributed by atoms with Crippen molar-refractivity contribution >= 4 is 25.6 Å². The zero-order valence-electron chi connectivity index (χ0n) is 8.08. The fourth-order valence-electron chi connectivity index (χ4n) is 1.15. The quantitative estimate of drug-likeness (QED) is 0.527. The second-order valence-electron chi connectivity index (χ2n) is 2.76. The van der Waals surface area contributed by atoms with Gasteiger partial charge >= 0.3 is 0 Å². The Hall–Kier alpha value is -1.84. The van der Waals surface area contributed by atoms with E-state index in [1.165, 1.54) is 6.08 Å². The van der Waals surface area contributed by atoms with Crippen molar-refractivity contribution in [3.05, 3.63) is 46.8 Å². The van der Waals surface area contributed by atoms with Gasteiger partial charge in [0.05, 0.1) is 0 Å². The number of aromatic nitrogens is 2. The highest BCUT2D eigenvalue weighted by molar-refractivity contribution is 6.32. The van der Waals surface area contributed by atoms with Gasteiger partial charge in [0.15, 0.2) is 7.85 Å².